The zero-order valence-electron chi connectivity index (χ0n) is 18.2. The van der Waals surface area contributed by atoms with Crippen LogP contribution < -0.4 is 20.7 Å². The first-order chi connectivity index (χ1) is 15.7. The summed E-state index contributed by atoms with van der Waals surface area (Å²) in [6.07, 6.45) is -0.976. The molecule has 3 N–H and O–H groups in total. The molecular weight excluding hydrogens is 497 g/mol. The molecule has 1 aliphatic carbocycles. The van der Waals surface area contributed by atoms with E-state index in [1.165, 1.54) is 6.07 Å². The lowest BCUT2D eigenvalue weighted by Gasteiger charge is -2.36. The maximum absolute atomic E-state index is 12.7. The number of aromatic nitrogens is 1. The molecule has 1 aromatic heterocycles. The molecule has 0 saturated heterocycles. The summed E-state index contributed by atoms with van der Waals surface area (Å²) in [4.78, 5) is 6.96. The summed E-state index contributed by atoms with van der Waals surface area (Å²) in [7, 11) is 2.04. The normalized spacial score (nSPS) is 18.9. The van der Waals surface area contributed by atoms with Crippen LogP contribution in [-0.4, -0.2) is 30.5 Å². The summed E-state index contributed by atoms with van der Waals surface area (Å²) in [5.74, 6) is 0.671. The van der Waals surface area contributed by atoms with Crippen molar-refractivity contribution in [3.8, 4) is 5.75 Å². The van der Waals surface area contributed by atoms with E-state index in [9.17, 15) is 13.2 Å². The van der Waals surface area contributed by atoms with E-state index >= 15 is 0 Å². The van der Waals surface area contributed by atoms with Crippen molar-refractivity contribution in [1.29, 1.82) is 0 Å². The number of rotatable bonds is 6. The number of nitrogens with one attached hydrogen (secondary N) is 1. The van der Waals surface area contributed by atoms with Gasteiger partial charge in [-0.25, -0.2) is 4.98 Å². The molecule has 4 rings (SSSR count). The van der Waals surface area contributed by atoms with Crippen LogP contribution in [0.25, 0.3) is 10.9 Å². The van der Waals surface area contributed by atoms with Crippen LogP contribution in [0.4, 0.5) is 24.7 Å². The third kappa shape index (κ3) is 5.89. The molecular formula is C24H26BrF3N4O. The zero-order valence-corrected chi connectivity index (χ0v) is 19.8. The first kappa shape index (κ1) is 23.6. The van der Waals surface area contributed by atoms with Gasteiger partial charge >= 0.3 is 6.36 Å². The third-order valence-electron chi connectivity index (χ3n) is 6.18. The van der Waals surface area contributed by atoms with Gasteiger partial charge in [0.2, 0.25) is 0 Å². The number of halogens is 4. The smallest absolute Gasteiger partial charge is 0.405 e. The highest BCUT2D eigenvalue weighted by molar-refractivity contribution is 9.10. The average molecular weight is 523 g/mol. The topological polar surface area (TPSA) is 63.4 Å². The molecule has 5 nitrogen and oxygen atoms in total. The van der Waals surface area contributed by atoms with E-state index in [1.54, 1.807) is 12.1 Å². The van der Waals surface area contributed by atoms with Crippen LogP contribution in [0.5, 0.6) is 5.75 Å². The van der Waals surface area contributed by atoms with Gasteiger partial charge in [0, 0.05) is 52.9 Å². The predicted molar refractivity (Wildman–Crippen MR) is 128 cm³/mol. The van der Waals surface area contributed by atoms with Crippen LogP contribution in [-0.2, 0) is 6.54 Å². The molecule has 1 aliphatic rings. The van der Waals surface area contributed by atoms with E-state index in [0.29, 0.717) is 28.3 Å². The SMILES string of the molecule is CN(c1cc(N)c2ccccc2n1)[C@H]1CC[C@@H](NCc2ccc(Br)cc2OC(F)(F)F)CC1. The largest absolute Gasteiger partial charge is 0.573 e. The molecule has 1 heterocycles. The van der Waals surface area contributed by atoms with E-state index in [-0.39, 0.29) is 11.8 Å². The standard InChI is InChI=1S/C24H26BrF3N4O/c1-32(23-13-20(29)19-4-2-3-5-21(19)31-23)18-10-8-17(9-11-18)30-14-15-6-7-16(25)12-22(15)33-24(26,27)28/h2-7,12-13,17-18,30H,8-11,14H2,1H3,(H2,29,31)/t17-,18+. The summed E-state index contributed by atoms with van der Waals surface area (Å²) >= 11 is 3.20. The first-order valence-corrected chi connectivity index (χ1v) is 11.6. The van der Waals surface area contributed by atoms with Crippen LogP contribution in [0.3, 0.4) is 0 Å². The molecule has 9 heteroatoms. The van der Waals surface area contributed by atoms with Gasteiger partial charge in [-0.1, -0.05) is 40.2 Å². The summed E-state index contributed by atoms with van der Waals surface area (Å²) in [5, 5.41) is 4.35. The Kier molecular flexibility index (Phi) is 6.99. The van der Waals surface area contributed by atoms with Gasteiger partial charge < -0.3 is 20.7 Å². The molecule has 0 spiro atoms. The number of benzene rings is 2. The van der Waals surface area contributed by atoms with Crippen molar-refractivity contribution in [3.63, 3.8) is 0 Å². The number of fused-ring (bicyclic) bond motifs is 1. The highest BCUT2D eigenvalue weighted by Crippen LogP contribution is 2.31. The lowest BCUT2D eigenvalue weighted by atomic mass is 9.90. The van der Waals surface area contributed by atoms with Crippen molar-refractivity contribution in [2.75, 3.05) is 17.7 Å². The lowest BCUT2D eigenvalue weighted by Crippen LogP contribution is -2.41. The molecule has 3 aromatic rings. The Morgan fingerprint density at radius 2 is 1.85 bits per heavy atom. The van der Waals surface area contributed by atoms with Gasteiger partial charge in [0.25, 0.3) is 0 Å². The maximum atomic E-state index is 12.7. The van der Waals surface area contributed by atoms with Crippen LogP contribution in [0.15, 0.2) is 53.0 Å². The van der Waals surface area contributed by atoms with Crippen molar-refractivity contribution in [2.45, 2.75) is 50.7 Å². The van der Waals surface area contributed by atoms with Crippen molar-refractivity contribution in [1.82, 2.24) is 10.3 Å². The molecule has 0 atom stereocenters. The Morgan fingerprint density at radius 3 is 2.58 bits per heavy atom. The van der Waals surface area contributed by atoms with Crippen molar-refractivity contribution < 1.29 is 17.9 Å². The Hall–Kier alpha value is -2.52. The summed E-state index contributed by atoms with van der Waals surface area (Å²) in [5.41, 5.74) is 8.31. The molecule has 1 saturated carbocycles. The highest BCUT2D eigenvalue weighted by Gasteiger charge is 2.32. The minimum atomic E-state index is -4.72. The van der Waals surface area contributed by atoms with E-state index in [4.69, 9.17) is 10.7 Å². The second kappa shape index (κ2) is 9.77. The lowest BCUT2D eigenvalue weighted by molar-refractivity contribution is -0.274. The van der Waals surface area contributed by atoms with Gasteiger partial charge in [0.15, 0.2) is 0 Å². The monoisotopic (exact) mass is 522 g/mol. The Bertz CT molecular complexity index is 1120. The molecule has 0 radical (unpaired) electrons. The number of nitrogen functional groups attached to an aromatic ring is 1. The molecule has 0 bridgehead atoms. The van der Waals surface area contributed by atoms with E-state index < -0.39 is 6.36 Å². The van der Waals surface area contributed by atoms with Crippen LogP contribution >= 0.6 is 15.9 Å². The number of para-hydroxylation sites is 1. The van der Waals surface area contributed by atoms with Gasteiger partial charge in [0.1, 0.15) is 11.6 Å². The van der Waals surface area contributed by atoms with Crippen molar-refractivity contribution in [3.05, 3.63) is 58.6 Å². The van der Waals surface area contributed by atoms with E-state index in [2.05, 4.69) is 30.9 Å². The van der Waals surface area contributed by atoms with Gasteiger partial charge in [-0.2, -0.15) is 0 Å². The van der Waals surface area contributed by atoms with Gasteiger partial charge in [-0.05, 0) is 43.9 Å². The minimum Gasteiger partial charge on any atom is -0.405 e. The minimum absolute atomic E-state index is 0.183. The molecule has 176 valence electrons. The van der Waals surface area contributed by atoms with E-state index in [1.807, 2.05) is 37.4 Å². The summed E-state index contributed by atoms with van der Waals surface area (Å²) < 4.78 is 43.0. The maximum Gasteiger partial charge on any atom is 0.573 e. The number of ether oxygens (including phenoxy) is 1. The fraction of sp³-hybridized carbons (Fsp3) is 0.375. The second-order valence-electron chi connectivity index (χ2n) is 8.38. The van der Waals surface area contributed by atoms with E-state index in [0.717, 1.165) is 42.4 Å². The number of alkyl halides is 3. The highest BCUT2D eigenvalue weighted by atomic mass is 79.9. The Labute approximate surface area is 199 Å². The van der Waals surface area contributed by atoms with Gasteiger partial charge in [-0.3, -0.25) is 0 Å². The third-order valence-corrected chi connectivity index (χ3v) is 6.67. The Morgan fingerprint density at radius 1 is 1.12 bits per heavy atom. The van der Waals surface area contributed by atoms with Crippen LogP contribution in [0.2, 0.25) is 0 Å². The van der Waals surface area contributed by atoms with Gasteiger partial charge in [-0.15, -0.1) is 13.2 Å². The molecule has 0 aliphatic heterocycles. The first-order valence-electron chi connectivity index (χ1n) is 10.9. The molecule has 2 aromatic carbocycles. The van der Waals surface area contributed by atoms with Crippen molar-refractivity contribution in [2.24, 2.45) is 0 Å². The zero-order chi connectivity index (χ0) is 23.6. The van der Waals surface area contributed by atoms with Crippen LogP contribution in [0, 0.1) is 0 Å². The number of nitrogens with two attached hydrogens (primary N) is 1. The quantitative estimate of drug-likeness (QED) is 0.414. The Balaban J connectivity index is 1.35. The molecule has 0 unspecified atom stereocenters. The number of nitrogens with zero attached hydrogens (tertiary/aromatic N) is 2. The number of hydrogen-bond acceptors (Lipinski definition) is 5. The molecule has 33 heavy (non-hydrogen) atoms. The number of anilines is 2. The predicted octanol–water partition coefficient (Wildman–Crippen LogP) is 6.02. The average Bonchev–Trinajstić information content (AvgIpc) is 2.77. The number of pyridine rings is 1. The second-order valence-corrected chi connectivity index (χ2v) is 9.30. The van der Waals surface area contributed by atoms with Crippen molar-refractivity contribution >= 4 is 38.3 Å². The molecule has 1 fully saturated rings. The summed E-state index contributed by atoms with van der Waals surface area (Å²) in [6.45, 7) is 0.312. The fourth-order valence-corrected chi connectivity index (χ4v) is 4.71. The van der Waals surface area contributed by atoms with Crippen LogP contribution in [0.1, 0.15) is 31.2 Å². The molecule has 0 amide bonds. The summed E-state index contributed by atoms with van der Waals surface area (Å²) in [6, 6.07) is 15.0. The fourth-order valence-electron chi connectivity index (χ4n) is 4.37. The number of hydrogen-bond donors (Lipinski definition) is 2. The van der Waals surface area contributed by atoms with Gasteiger partial charge in [0.05, 0.1) is 5.52 Å².